The third-order valence-electron chi connectivity index (χ3n) is 5.00. The summed E-state index contributed by atoms with van der Waals surface area (Å²) in [6.07, 6.45) is 5.28. The van der Waals surface area contributed by atoms with Crippen molar-refractivity contribution in [2.75, 3.05) is 0 Å². The lowest BCUT2D eigenvalue weighted by atomic mass is 9.46. The molecule has 4 N–H and O–H groups in total. The Labute approximate surface area is 94.8 Å². The summed E-state index contributed by atoms with van der Waals surface area (Å²) in [6.45, 7) is 0. The van der Waals surface area contributed by atoms with Crippen LogP contribution in [-0.2, 0) is 4.79 Å². The molecule has 0 saturated heterocycles. The number of carboxylic acids is 1. The maximum absolute atomic E-state index is 11.1. The van der Waals surface area contributed by atoms with Crippen LogP contribution in [0.3, 0.4) is 0 Å². The molecule has 4 aliphatic rings. The molecule has 4 aliphatic carbocycles. The van der Waals surface area contributed by atoms with Gasteiger partial charge in [-0.25, -0.2) is 0 Å². The first-order valence-corrected chi connectivity index (χ1v) is 6.13. The lowest BCUT2D eigenvalue weighted by Crippen LogP contribution is -2.62. The molecule has 4 rings (SSSR count). The standard InChI is InChI=1S/C12H19NO3/c13-9(10(14)15)11-2-7-1-8(3-11)5-12(16,4-7)6-11/h7-9,16H,1-6,13H2,(H,14,15)/t7-,8+,9-,11?,12?/m1/s1. The minimum Gasteiger partial charge on any atom is -0.480 e. The second-order valence-corrected chi connectivity index (χ2v) is 6.36. The van der Waals surface area contributed by atoms with Gasteiger partial charge < -0.3 is 15.9 Å². The van der Waals surface area contributed by atoms with Gasteiger partial charge in [-0.3, -0.25) is 4.79 Å². The first kappa shape index (κ1) is 10.5. The summed E-state index contributed by atoms with van der Waals surface area (Å²) in [5.41, 5.74) is 4.92. The smallest absolute Gasteiger partial charge is 0.321 e. The normalized spacial score (nSPS) is 51.6. The number of carboxylic acid groups (broad SMARTS) is 1. The molecular formula is C12H19NO3. The van der Waals surface area contributed by atoms with E-state index >= 15 is 0 Å². The summed E-state index contributed by atoms with van der Waals surface area (Å²) in [4.78, 5) is 11.1. The van der Waals surface area contributed by atoms with Crippen LogP contribution in [0.2, 0.25) is 0 Å². The van der Waals surface area contributed by atoms with E-state index in [4.69, 9.17) is 10.8 Å². The van der Waals surface area contributed by atoms with Crippen molar-refractivity contribution >= 4 is 5.97 Å². The van der Waals surface area contributed by atoms with Crippen molar-refractivity contribution in [3.8, 4) is 0 Å². The maximum atomic E-state index is 11.1. The molecule has 4 fully saturated rings. The zero-order chi connectivity index (χ0) is 11.6. The number of carbonyl (C=O) groups is 1. The van der Waals surface area contributed by atoms with Gasteiger partial charge in [0, 0.05) is 0 Å². The Morgan fingerprint density at radius 3 is 2.25 bits per heavy atom. The number of nitrogens with two attached hydrogens (primary N) is 1. The van der Waals surface area contributed by atoms with Gasteiger partial charge in [-0.1, -0.05) is 0 Å². The second kappa shape index (κ2) is 2.99. The van der Waals surface area contributed by atoms with E-state index in [9.17, 15) is 9.90 Å². The average molecular weight is 225 g/mol. The van der Waals surface area contributed by atoms with Crippen LogP contribution in [0.4, 0.5) is 0 Å². The molecule has 0 aromatic carbocycles. The average Bonchev–Trinajstić information content (AvgIpc) is 2.12. The Morgan fingerprint density at radius 1 is 1.25 bits per heavy atom. The molecule has 4 heteroatoms. The molecule has 16 heavy (non-hydrogen) atoms. The molecule has 0 aliphatic heterocycles. The highest BCUT2D eigenvalue weighted by Crippen LogP contribution is 2.62. The van der Waals surface area contributed by atoms with Crippen LogP contribution in [0, 0.1) is 17.3 Å². The number of aliphatic hydroxyl groups is 1. The van der Waals surface area contributed by atoms with E-state index in [0.717, 1.165) is 32.1 Å². The molecule has 0 amide bonds. The summed E-state index contributed by atoms with van der Waals surface area (Å²) in [7, 11) is 0. The number of hydrogen-bond acceptors (Lipinski definition) is 3. The highest BCUT2D eigenvalue weighted by atomic mass is 16.4. The zero-order valence-corrected chi connectivity index (χ0v) is 9.35. The SMILES string of the molecule is N[C@H](C(=O)O)C12C[C@@H]3C[C@@H](CC(O)(C3)C1)C2. The van der Waals surface area contributed by atoms with Crippen molar-refractivity contribution in [2.45, 2.75) is 50.2 Å². The molecule has 0 aromatic heterocycles. The summed E-state index contributed by atoms with van der Waals surface area (Å²) in [5, 5.41) is 19.6. The van der Waals surface area contributed by atoms with Crippen LogP contribution < -0.4 is 5.73 Å². The summed E-state index contributed by atoms with van der Waals surface area (Å²) in [6, 6.07) is -0.801. The lowest BCUT2D eigenvalue weighted by molar-refractivity contribution is -0.179. The number of rotatable bonds is 2. The Hall–Kier alpha value is -0.610. The molecule has 0 radical (unpaired) electrons. The Morgan fingerprint density at radius 2 is 1.81 bits per heavy atom. The topological polar surface area (TPSA) is 83.6 Å². The van der Waals surface area contributed by atoms with E-state index in [1.807, 2.05) is 0 Å². The minimum atomic E-state index is -0.912. The van der Waals surface area contributed by atoms with E-state index < -0.39 is 17.6 Å². The van der Waals surface area contributed by atoms with Crippen LogP contribution in [0.5, 0.6) is 0 Å². The Bertz CT molecular complexity index is 327. The molecule has 2 unspecified atom stereocenters. The van der Waals surface area contributed by atoms with Crippen LogP contribution in [0.1, 0.15) is 38.5 Å². The molecule has 0 heterocycles. The predicted molar refractivity (Wildman–Crippen MR) is 57.7 cm³/mol. The number of hydrogen-bond donors (Lipinski definition) is 3. The summed E-state index contributed by atoms with van der Waals surface area (Å²) < 4.78 is 0. The van der Waals surface area contributed by atoms with Crippen LogP contribution in [0.15, 0.2) is 0 Å². The predicted octanol–water partition coefficient (Wildman–Crippen LogP) is 0.730. The number of aliphatic carboxylic acids is 1. The van der Waals surface area contributed by atoms with Crippen molar-refractivity contribution in [2.24, 2.45) is 23.0 Å². The van der Waals surface area contributed by atoms with Crippen molar-refractivity contribution in [1.82, 2.24) is 0 Å². The largest absolute Gasteiger partial charge is 0.480 e. The molecule has 5 atom stereocenters. The molecular weight excluding hydrogens is 206 g/mol. The first-order chi connectivity index (χ1) is 7.42. The molecule has 0 aromatic rings. The van der Waals surface area contributed by atoms with Gasteiger partial charge in [0.05, 0.1) is 5.60 Å². The third-order valence-corrected chi connectivity index (χ3v) is 5.00. The fourth-order valence-corrected chi connectivity index (χ4v) is 4.91. The Kier molecular flexibility index (Phi) is 1.97. The van der Waals surface area contributed by atoms with Crippen LogP contribution in [0.25, 0.3) is 0 Å². The zero-order valence-electron chi connectivity index (χ0n) is 9.35. The summed E-state index contributed by atoms with van der Waals surface area (Å²) in [5.74, 6) is 0.0823. The highest BCUT2D eigenvalue weighted by molar-refractivity contribution is 5.74. The second-order valence-electron chi connectivity index (χ2n) is 6.36. The lowest BCUT2D eigenvalue weighted by Gasteiger charge is -2.61. The quantitative estimate of drug-likeness (QED) is 0.647. The molecule has 0 spiro atoms. The molecule has 4 nitrogen and oxygen atoms in total. The highest BCUT2D eigenvalue weighted by Gasteiger charge is 2.60. The van der Waals surface area contributed by atoms with Crippen molar-refractivity contribution in [3.05, 3.63) is 0 Å². The van der Waals surface area contributed by atoms with Gasteiger partial charge >= 0.3 is 5.97 Å². The third kappa shape index (κ3) is 1.32. The van der Waals surface area contributed by atoms with Gasteiger partial charge in [-0.05, 0) is 55.8 Å². The van der Waals surface area contributed by atoms with Gasteiger partial charge in [0.2, 0.25) is 0 Å². The van der Waals surface area contributed by atoms with Crippen molar-refractivity contribution < 1.29 is 15.0 Å². The van der Waals surface area contributed by atoms with E-state index in [1.165, 1.54) is 0 Å². The van der Waals surface area contributed by atoms with Crippen LogP contribution in [-0.4, -0.2) is 27.8 Å². The van der Waals surface area contributed by atoms with Gasteiger partial charge in [0.25, 0.3) is 0 Å². The van der Waals surface area contributed by atoms with E-state index in [0.29, 0.717) is 18.3 Å². The first-order valence-electron chi connectivity index (χ1n) is 6.13. The van der Waals surface area contributed by atoms with Crippen LogP contribution >= 0.6 is 0 Å². The molecule has 4 saturated carbocycles. The Balaban J connectivity index is 1.94. The fourth-order valence-electron chi connectivity index (χ4n) is 4.91. The fraction of sp³-hybridized carbons (Fsp3) is 0.917. The van der Waals surface area contributed by atoms with Crippen molar-refractivity contribution in [1.29, 1.82) is 0 Å². The molecule has 4 bridgehead atoms. The van der Waals surface area contributed by atoms with Gasteiger partial charge in [0.1, 0.15) is 6.04 Å². The van der Waals surface area contributed by atoms with E-state index in [1.54, 1.807) is 0 Å². The van der Waals surface area contributed by atoms with E-state index in [2.05, 4.69) is 0 Å². The van der Waals surface area contributed by atoms with Crippen molar-refractivity contribution in [3.63, 3.8) is 0 Å². The molecule has 90 valence electrons. The summed E-state index contributed by atoms with van der Waals surface area (Å²) >= 11 is 0. The van der Waals surface area contributed by atoms with Gasteiger partial charge in [-0.15, -0.1) is 0 Å². The monoisotopic (exact) mass is 225 g/mol. The minimum absolute atomic E-state index is 0.329. The maximum Gasteiger partial charge on any atom is 0.321 e. The van der Waals surface area contributed by atoms with Gasteiger partial charge in [-0.2, -0.15) is 0 Å². The van der Waals surface area contributed by atoms with E-state index in [-0.39, 0.29) is 5.41 Å². The van der Waals surface area contributed by atoms with Gasteiger partial charge in [0.15, 0.2) is 0 Å².